The quantitative estimate of drug-likeness (QED) is 0.799. The normalized spacial score (nSPS) is 15.5. The number of rotatable bonds is 6. The van der Waals surface area contributed by atoms with Gasteiger partial charge in [0.15, 0.2) is 0 Å². The molecule has 2 aromatic carbocycles. The van der Waals surface area contributed by atoms with Crippen LogP contribution in [-0.2, 0) is 10.0 Å². The van der Waals surface area contributed by atoms with Crippen molar-refractivity contribution in [2.24, 2.45) is 5.92 Å². The van der Waals surface area contributed by atoms with Crippen LogP contribution in [0.5, 0.6) is 0 Å². The van der Waals surface area contributed by atoms with Gasteiger partial charge < -0.3 is 10.2 Å². The Hall–Kier alpha value is -2.38. The van der Waals surface area contributed by atoms with Crippen molar-refractivity contribution in [1.82, 2.24) is 10.2 Å². The summed E-state index contributed by atoms with van der Waals surface area (Å²) < 4.78 is 27.5. The average Bonchev–Trinajstić information content (AvgIpc) is 2.69. The molecule has 1 aliphatic rings. The zero-order valence-electron chi connectivity index (χ0n) is 15.4. The standard InChI is InChI=1S/C20H25N3O3S/c1-21-15-16-10-12-23(13-11-16)20(24)17-6-5-7-18(14-17)22-27(25,26)19-8-3-2-4-9-19/h2-9,14,16,21-22H,10-13,15H2,1H3. The van der Waals surface area contributed by atoms with Gasteiger partial charge in [-0.2, -0.15) is 0 Å². The van der Waals surface area contributed by atoms with Crippen molar-refractivity contribution >= 4 is 21.6 Å². The van der Waals surface area contributed by atoms with Gasteiger partial charge in [0, 0.05) is 24.3 Å². The lowest BCUT2D eigenvalue weighted by molar-refractivity contribution is 0.0691. The van der Waals surface area contributed by atoms with Crippen LogP contribution in [0.4, 0.5) is 5.69 Å². The molecule has 0 aromatic heterocycles. The highest BCUT2D eigenvalue weighted by molar-refractivity contribution is 7.92. The maximum absolute atomic E-state index is 12.8. The van der Waals surface area contributed by atoms with E-state index in [2.05, 4.69) is 10.0 Å². The van der Waals surface area contributed by atoms with E-state index in [9.17, 15) is 13.2 Å². The fourth-order valence-corrected chi connectivity index (χ4v) is 4.41. The molecule has 1 saturated heterocycles. The molecule has 1 aliphatic heterocycles. The lowest BCUT2D eigenvalue weighted by atomic mass is 9.96. The minimum absolute atomic E-state index is 0.0568. The molecule has 0 unspecified atom stereocenters. The highest BCUT2D eigenvalue weighted by Crippen LogP contribution is 2.21. The Morgan fingerprint density at radius 3 is 2.44 bits per heavy atom. The SMILES string of the molecule is CNCC1CCN(C(=O)c2cccc(NS(=O)(=O)c3ccccc3)c2)CC1. The number of hydrogen-bond donors (Lipinski definition) is 2. The highest BCUT2D eigenvalue weighted by Gasteiger charge is 2.23. The fourth-order valence-electron chi connectivity index (χ4n) is 3.34. The average molecular weight is 388 g/mol. The Kier molecular flexibility index (Phi) is 6.13. The van der Waals surface area contributed by atoms with Gasteiger partial charge in [0.1, 0.15) is 0 Å². The van der Waals surface area contributed by atoms with E-state index in [1.165, 1.54) is 12.1 Å². The van der Waals surface area contributed by atoms with Crippen LogP contribution in [0.25, 0.3) is 0 Å². The van der Waals surface area contributed by atoms with Crippen molar-refractivity contribution < 1.29 is 13.2 Å². The van der Waals surface area contributed by atoms with Crippen molar-refractivity contribution in [2.75, 3.05) is 31.4 Å². The summed E-state index contributed by atoms with van der Waals surface area (Å²) in [7, 11) is -1.73. The molecule has 0 saturated carbocycles. The van der Waals surface area contributed by atoms with E-state index in [0.29, 0.717) is 17.2 Å². The minimum atomic E-state index is -3.68. The number of piperidine rings is 1. The number of nitrogens with one attached hydrogen (secondary N) is 2. The summed E-state index contributed by atoms with van der Waals surface area (Å²) in [6.45, 7) is 2.43. The predicted molar refractivity (Wildman–Crippen MR) is 106 cm³/mol. The summed E-state index contributed by atoms with van der Waals surface area (Å²) in [5.74, 6) is 0.543. The third-order valence-corrected chi connectivity index (χ3v) is 6.21. The third-order valence-electron chi connectivity index (χ3n) is 4.81. The number of sulfonamides is 1. The molecule has 0 aliphatic carbocycles. The second-order valence-corrected chi connectivity index (χ2v) is 8.48. The van der Waals surface area contributed by atoms with Crippen LogP contribution in [0.1, 0.15) is 23.2 Å². The Balaban J connectivity index is 1.70. The first kappa shape index (κ1) is 19.4. The van der Waals surface area contributed by atoms with Gasteiger partial charge >= 0.3 is 0 Å². The van der Waals surface area contributed by atoms with E-state index in [4.69, 9.17) is 0 Å². The van der Waals surface area contributed by atoms with Crippen molar-refractivity contribution in [2.45, 2.75) is 17.7 Å². The van der Waals surface area contributed by atoms with Crippen LogP contribution < -0.4 is 10.0 Å². The molecule has 2 aromatic rings. The van der Waals surface area contributed by atoms with Gasteiger partial charge in [-0.1, -0.05) is 24.3 Å². The molecule has 3 rings (SSSR count). The first-order chi connectivity index (χ1) is 13.0. The second kappa shape index (κ2) is 8.54. The van der Waals surface area contributed by atoms with Gasteiger partial charge in [-0.25, -0.2) is 8.42 Å². The van der Waals surface area contributed by atoms with Crippen LogP contribution in [0.15, 0.2) is 59.5 Å². The lowest BCUT2D eigenvalue weighted by Gasteiger charge is -2.32. The molecule has 2 N–H and O–H groups in total. The number of carbonyl (C=O) groups is 1. The largest absolute Gasteiger partial charge is 0.339 e. The number of nitrogens with zero attached hydrogens (tertiary/aromatic N) is 1. The number of amides is 1. The summed E-state index contributed by atoms with van der Waals surface area (Å²) in [6.07, 6.45) is 1.96. The Bertz CT molecular complexity index is 876. The summed E-state index contributed by atoms with van der Waals surface area (Å²) in [6, 6.07) is 14.8. The third kappa shape index (κ3) is 4.87. The smallest absolute Gasteiger partial charge is 0.261 e. The highest BCUT2D eigenvalue weighted by atomic mass is 32.2. The maximum atomic E-state index is 12.8. The molecule has 0 radical (unpaired) electrons. The molecule has 1 fully saturated rings. The molecule has 144 valence electrons. The van der Waals surface area contributed by atoms with Gasteiger partial charge in [-0.3, -0.25) is 9.52 Å². The molecular weight excluding hydrogens is 362 g/mol. The monoisotopic (exact) mass is 387 g/mol. The Morgan fingerprint density at radius 2 is 1.78 bits per heavy atom. The molecule has 0 bridgehead atoms. The van der Waals surface area contributed by atoms with E-state index in [0.717, 1.165) is 32.5 Å². The van der Waals surface area contributed by atoms with Crippen molar-refractivity contribution in [3.8, 4) is 0 Å². The zero-order valence-corrected chi connectivity index (χ0v) is 16.2. The zero-order chi connectivity index (χ0) is 19.3. The summed E-state index contributed by atoms with van der Waals surface area (Å²) >= 11 is 0. The summed E-state index contributed by atoms with van der Waals surface area (Å²) in [5, 5.41) is 3.19. The van der Waals surface area contributed by atoms with Crippen LogP contribution >= 0.6 is 0 Å². The van der Waals surface area contributed by atoms with Gasteiger partial charge in [0.2, 0.25) is 0 Å². The minimum Gasteiger partial charge on any atom is -0.339 e. The van der Waals surface area contributed by atoms with E-state index in [-0.39, 0.29) is 10.8 Å². The number of carbonyl (C=O) groups excluding carboxylic acids is 1. The van der Waals surface area contributed by atoms with Crippen molar-refractivity contribution in [1.29, 1.82) is 0 Å². The molecule has 7 heteroatoms. The number of likely N-dealkylation sites (tertiary alicyclic amines) is 1. The number of hydrogen-bond acceptors (Lipinski definition) is 4. The number of anilines is 1. The Morgan fingerprint density at radius 1 is 1.07 bits per heavy atom. The van der Waals surface area contributed by atoms with E-state index < -0.39 is 10.0 Å². The van der Waals surface area contributed by atoms with Crippen molar-refractivity contribution in [3.05, 3.63) is 60.2 Å². The van der Waals surface area contributed by atoms with Crippen molar-refractivity contribution in [3.63, 3.8) is 0 Å². The molecule has 6 nitrogen and oxygen atoms in total. The fraction of sp³-hybridized carbons (Fsp3) is 0.350. The summed E-state index contributed by atoms with van der Waals surface area (Å²) in [5.41, 5.74) is 0.880. The van der Waals surface area contributed by atoms with Crippen LogP contribution in [0.3, 0.4) is 0 Å². The summed E-state index contributed by atoms with van der Waals surface area (Å²) in [4.78, 5) is 14.8. The van der Waals surface area contributed by atoms with Gasteiger partial charge in [-0.05, 0) is 62.7 Å². The Labute approximate surface area is 160 Å². The van der Waals surface area contributed by atoms with Crippen LogP contribution in [0, 0.1) is 5.92 Å². The lowest BCUT2D eigenvalue weighted by Crippen LogP contribution is -2.40. The first-order valence-electron chi connectivity index (χ1n) is 9.11. The number of benzene rings is 2. The first-order valence-corrected chi connectivity index (χ1v) is 10.6. The molecule has 0 spiro atoms. The van der Waals surface area contributed by atoms with Gasteiger partial charge in [0.05, 0.1) is 4.90 Å². The molecule has 27 heavy (non-hydrogen) atoms. The molecule has 1 amide bonds. The molecular formula is C20H25N3O3S. The van der Waals surface area contributed by atoms with Gasteiger partial charge in [0.25, 0.3) is 15.9 Å². The van der Waals surface area contributed by atoms with Crippen LogP contribution in [-0.4, -0.2) is 45.9 Å². The predicted octanol–water partition coefficient (Wildman–Crippen LogP) is 2.56. The maximum Gasteiger partial charge on any atom is 0.261 e. The second-order valence-electron chi connectivity index (χ2n) is 6.79. The molecule has 0 atom stereocenters. The van der Waals surface area contributed by atoms with Gasteiger partial charge in [-0.15, -0.1) is 0 Å². The van der Waals surface area contributed by atoms with E-state index in [1.54, 1.807) is 42.5 Å². The topological polar surface area (TPSA) is 78.5 Å². The molecule has 1 heterocycles. The van der Waals surface area contributed by atoms with Crippen LogP contribution in [0.2, 0.25) is 0 Å². The van der Waals surface area contributed by atoms with E-state index in [1.807, 2.05) is 11.9 Å². The van der Waals surface area contributed by atoms with E-state index >= 15 is 0 Å².